The molecule has 11 heavy (non-hydrogen) atoms. The number of hydrogen-bond acceptors (Lipinski definition) is 0. The quantitative estimate of drug-likeness (QED) is 0.565. The van der Waals surface area contributed by atoms with Crippen LogP contribution in [0.25, 0.3) is 0 Å². The van der Waals surface area contributed by atoms with Crippen molar-refractivity contribution in [3.05, 3.63) is 34.9 Å². The fourth-order valence-corrected chi connectivity index (χ4v) is 1.69. The van der Waals surface area contributed by atoms with Gasteiger partial charge in [0.25, 0.3) is 0 Å². The third-order valence-corrected chi connectivity index (χ3v) is 2.49. The van der Waals surface area contributed by atoms with Gasteiger partial charge in [-0.1, -0.05) is 40.8 Å². The second kappa shape index (κ2) is 4.10. The summed E-state index contributed by atoms with van der Waals surface area (Å²) < 4.78 is 1.21. The van der Waals surface area contributed by atoms with E-state index in [1.54, 1.807) is 0 Å². The van der Waals surface area contributed by atoms with E-state index in [2.05, 4.69) is 54.6 Å². The van der Waals surface area contributed by atoms with Crippen molar-refractivity contribution in [3.8, 4) is 0 Å². The molecule has 0 saturated carbocycles. The van der Waals surface area contributed by atoms with Crippen molar-refractivity contribution in [1.29, 1.82) is 0 Å². The van der Waals surface area contributed by atoms with Crippen molar-refractivity contribution in [2.45, 2.75) is 20.3 Å². The van der Waals surface area contributed by atoms with Crippen molar-refractivity contribution in [2.75, 3.05) is 4.43 Å². The summed E-state index contributed by atoms with van der Waals surface area (Å²) >= 11 is 2.41. The monoisotopic (exact) mass is 260 g/mol. The number of benzene rings is 1. The molecule has 1 aromatic rings. The highest BCUT2D eigenvalue weighted by atomic mass is 127. The highest BCUT2D eigenvalue weighted by Crippen LogP contribution is 2.10. The second-order valence-corrected chi connectivity index (χ2v) is 3.94. The second-order valence-electron chi connectivity index (χ2n) is 2.86. The van der Waals surface area contributed by atoms with Gasteiger partial charge in [0, 0.05) is 4.43 Å². The lowest BCUT2D eigenvalue weighted by Crippen LogP contribution is -1.88. The number of alkyl halides is 1. The molecule has 0 amide bonds. The lowest BCUT2D eigenvalue weighted by atomic mass is 10.1. The maximum Gasteiger partial charge on any atom is 0.00358 e. The van der Waals surface area contributed by atoms with Gasteiger partial charge in [-0.3, -0.25) is 0 Å². The Morgan fingerprint density at radius 2 is 1.91 bits per heavy atom. The van der Waals surface area contributed by atoms with E-state index in [4.69, 9.17) is 0 Å². The Bertz CT molecular complexity index is 241. The van der Waals surface area contributed by atoms with E-state index in [0.29, 0.717) is 0 Å². The fraction of sp³-hybridized carbons (Fsp3) is 0.400. The molecule has 0 aliphatic rings. The number of rotatable bonds is 2. The zero-order chi connectivity index (χ0) is 8.27. The van der Waals surface area contributed by atoms with E-state index in [0.717, 1.165) is 0 Å². The predicted octanol–water partition coefficient (Wildman–Crippen LogP) is 3.28. The molecule has 0 aliphatic carbocycles. The molecular formula is C10H13I. The molecule has 0 aliphatic heterocycles. The smallest absolute Gasteiger partial charge is 0.00358 e. The average molecular weight is 260 g/mol. The molecule has 0 radical (unpaired) electrons. The van der Waals surface area contributed by atoms with Crippen LogP contribution in [0.1, 0.15) is 16.7 Å². The predicted molar refractivity (Wildman–Crippen MR) is 58.5 cm³/mol. The standard InChI is InChI=1S/C10H13I/c1-8-3-4-10(5-6-11)7-9(8)2/h3-4,7H,5-6H2,1-2H3. The van der Waals surface area contributed by atoms with Gasteiger partial charge >= 0.3 is 0 Å². The molecule has 0 unspecified atom stereocenters. The summed E-state index contributed by atoms with van der Waals surface area (Å²) in [4.78, 5) is 0. The summed E-state index contributed by atoms with van der Waals surface area (Å²) in [5.41, 5.74) is 4.26. The molecule has 1 heteroatoms. The van der Waals surface area contributed by atoms with Gasteiger partial charge in [-0.2, -0.15) is 0 Å². The van der Waals surface area contributed by atoms with Gasteiger partial charge in [0.2, 0.25) is 0 Å². The summed E-state index contributed by atoms with van der Waals surface area (Å²) in [5.74, 6) is 0. The molecule has 0 N–H and O–H groups in total. The Hall–Kier alpha value is -0.0500. The first-order chi connectivity index (χ1) is 5.24. The van der Waals surface area contributed by atoms with Crippen LogP contribution in [-0.4, -0.2) is 4.43 Å². The summed E-state index contributed by atoms with van der Waals surface area (Å²) in [5, 5.41) is 0. The third-order valence-electron chi connectivity index (χ3n) is 1.95. The summed E-state index contributed by atoms with van der Waals surface area (Å²) in [7, 11) is 0. The van der Waals surface area contributed by atoms with Gasteiger partial charge in [0.05, 0.1) is 0 Å². The largest absolute Gasteiger partial charge is 0.0860 e. The Labute approximate surface area is 82.2 Å². The molecular weight excluding hydrogens is 247 g/mol. The average Bonchev–Trinajstić information content (AvgIpc) is 1.98. The normalized spacial score (nSPS) is 10.1. The van der Waals surface area contributed by atoms with Crippen LogP contribution in [0.5, 0.6) is 0 Å². The zero-order valence-electron chi connectivity index (χ0n) is 7.02. The van der Waals surface area contributed by atoms with Gasteiger partial charge in [-0.15, -0.1) is 0 Å². The lowest BCUT2D eigenvalue weighted by molar-refractivity contribution is 1.16. The number of hydrogen-bond donors (Lipinski definition) is 0. The minimum Gasteiger partial charge on any atom is -0.0860 e. The Kier molecular flexibility index (Phi) is 3.37. The van der Waals surface area contributed by atoms with Crippen molar-refractivity contribution in [3.63, 3.8) is 0 Å². The van der Waals surface area contributed by atoms with E-state index < -0.39 is 0 Å². The Balaban J connectivity index is 2.86. The molecule has 0 bridgehead atoms. The summed E-state index contributed by atoms with van der Waals surface area (Å²) in [6.45, 7) is 4.33. The van der Waals surface area contributed by atoms with E-state index in [-0.39, 0.29) is 0 Å². The molecule has 0 nitrogen and oxygen atoms in total. The highest BCUT2D eigenvalue weighted by Gasteiger charge is 1.94. The molecule has 1 aromatic carbocycles. The number of aryl methyl sites for hydroxylation is 3. The minimum atomic E-state index is 1.20. The maximum atomic E-state index is 2.41. The molecule has 0 spiro atoms. The Morgan fingerprint density at radius 3 is 2.45 bits per heavy atom. The molecule has 1 rings (SSSR count). The van der Waals surface area contributed by atoms with Crippen LogP contribution in [0.15, 0.2) is 18.2 Å². The number of halogens is 1. The van der Waals surface area contributed by atoms with Gasteiger partial charge < -0.3 is 0 Å². The molecule has 0 aromatic heterocycles. The van der Waals surface area contributed by atoms with Gasteiger partial charge in [0.1, 0.15) is 0 Å². The molecule has 0 saturated heterocycles. The van der Waals surface area contributed by atoms with Crippen molar-refractivity contribution in [2.24, 2.45) is 0 Å². The van der Waals surface area contributed by atoms with Crippen LogP contribution in [0, 0.1) is 13.8 Å². The lowest BCUT2D eigenvalue weighted by Gasteiger charge is -2.02. The first-order valence-electron chi connectivity index (χ1n) is 3.86. The van der Waals surface area contributed by atoms with Crippen LogP contribution in [-0.2, 0) is 6.42 Å². The molecule has 0 fully saturated rings. The first kappa shape index (κ1) is 9.04. The van der Waals surface area contributed by atoms with Crippen molar-refractivity contribution < 1.29 is 0 Å². The van der Waals surface area contributed by atoms with Gasteiger partial charge in [0.15, 0.2) is 0 Å². The summed E-state index contributed by atoms with van der Waals surface area (Å²) in [6.07, 6.45) is 1.20. The van der Waals surface area contributed by atoms with Crippen molar-refractivity contribution >= 4 is 22.6 Å². The maximum absolute atomic E-state index is 2.41. The SMILES string of the molecule is Cc1ccc(CCI)cc1C. The third kappa shape index (κ3) is 2.47. The van der Waals surface area contributed by atoms with E-state index in [1.165, 1.54) is 27.5 Å². The minimum absolute atomic E-state index is 1.20. The van der Waals surface area contributed by atoms with E-state index >= 15 is 0 Å². The van der Waals surface area contributed by atoms with Crippen LogP contribution in [0.2, 0.25) is 0 Å². The van der Waals surface area contributed by atoms with E-state index in [1.807, 2.05) is 0 Å². The topological polar surface area (TPSA) is 0 Å². The van der Waals surface area contributed by atoms with Crippen LogP contribution in [0.4, 0.5) is 0 Å². The highest BCUT2D eigenvalue weighted by molar-refractivity contribution is 14.1. The molecule has 60 valence electrons. The molecule has 0 heterocycles. The van der Waals surface area contributed by atoms with Crippen LogP contribution < -0.4 is 0 Å². The van der Waals surface area contributed by atoms with Gasteiger partial charge in [-0.25, -0.2) is 0 Å². The van der Waals surface area contributed by atoms with Crippen molar-refractivity contribution in [1.82, 2.24) is 0 Å². The van der Waals surface area contributed by atoms with Crippen LogP contribution >= 0.6 is 22.6 Å². The summed E-state index contributed by atoms with van der Waals surface area (Å²) in [6, 6.07) is 6.71. The fourth-order valence-electron chi connectivity index (χ4n) is 1.07. The van der Waals surface area contributed by atoms with E-state index in [9.17, 15) is 0 Å². The molecule has 0 atom stereocenters. The zero-order valence-corrected chi connectivity index (χ0v) is 9.18. The van der Waals surface area contributed by atoms with Crippen LogP contribution in [0.3, 0.4) is 0 Å². The first-order valence-corrected chi connectivity index (χ1v) is 5.38. The van der Waals surface area contributed by atoms with Gasteiger partial charge in [-0.05, 0) is 37.0 Å². The Morgan fingerprint density at radius 1 is 1.18 bits per heavy atom.